The van der Waals surface area contributed by atoms with Gasteiger partial charge < -0.3 is 16.2 Å². The fraction of sp³-hybridized carbons (Fsp3) is 0.583. The van der Waals surface area contributed by atoms with Gasteiger partial charge in [-0.1, -0.05) is 20.8 Å². The number of amides is 1. The number of carboxylic acids is 1. The van der Waals surface area contributed by atoms with Crippen molar-refractivity contribution in [3.63, 3.8) is 0 Å². The Morgan fingerprint density at radius 1 is 1.47 bits per heavy atom. The Hall–Kier alpha value is -1.47. The van der Waals surface area contributed by atoms with E-state index < -0.39 is 12.0 Å². The molecule has 1 rings (SSSR count). The number of thiazole rings is 1. The molecule has 1 aromatic heterocycles. The van der Waals surface area contributed by atoms with Gasteiger partial charge in [0.2, 0.25) is 5.91 Å². The topological polar surface area (TPSA) is 105 Å². The number of hydrogen-bond acceptors (Lipinski definition) is 5. The van der Waals surface area contributed by atoms with Crippen LogP contribution >= 0.6 is 11.3 Å². The van der Waals surface area contributed by atoms with Gasteiger partial charge in [-0.25, -0.2) is 9.78 Å². The van der Waals surface area contributed by atoms with Crippen LogP contribution in [-0.2, 0) is 11.3 Å². The van der Waals surface area contributed by atoms with E-state index in [4.69, 9.17) is 10.8 Å². The van der Waals surface area contributed by atoms with Gasteiger partial charge in [0.05, 0.1) is 18.3 Å². The number of nitrogens with zero attached hydrogens (tertiary/aromatic N) is 1. The van der Waals surface area contributed by atoms with E-state index in [-0.39, 0.29) is 22.7 Å². The van der Waals surface area contributed by atoms with E-state index in [0.29, 0.717) is 10.7 Å². The first-order valence-electron chi connectivity index (χ1n) is 5.86. The maximum Gasteiger partial charge on any atom is 0.347 e. The van der Waals surface area contributed by atoms with Crippen molar-refractivity contribution >= 4 is 23.2 Å². The highest BCUT2D eigenvalue weighted by Crippen LogP contribution is 2.19. The van der Waals surface area contributed by atoms with Crippen molar-refractivity contribution in [1.29, 1.82) is 0 Å². The predicted molar refractivity (Wildman–Crippen MR) is 73.1 cm³/mol. The molecule has 6 nitrogen and oxygen atoms in total. The Kier molecular flexibility index (Phi) is 4.65. The van der Waals surface area contributed by atoms with Crippen LogP contribution in [0.2, 0.25) is 0 Å². The Labute approximate surface area is 116 Å². The van der Waals surface area contributed by atoms with E-state index in [1.54, 1.807) is 6.92 Å². The molecule has 0 saturated heterocycles. The summed E-state index contributed by atoms with van der Waals surface area (Å²) in [4.78, 5) is 27.0. The van der Waals surface area contributed by atoms with E-state index in [9.17, 15) is 9.59 Å². The van der Waals surface area contributed by atoms with Gasteiger partial charge in [-0.05, 0) is 12.3 Å². The largest absolute Gasteiger partial charge is 0.477 e. The fourth-order valence-electron chi connectivity index (χ4n) is 1.39. The normalized spacial score (nSPS) is 13.1. The van der Waals surface area contributed by atoms with Crippen LogP contribution in [0.1, 0.15) is 41.1 Å². The fourth-order valence-corrected chi connectivity index (χ4v) is 2.24. The molecule has 0 aliphatic rings. The summed E-state index contributed by atoms with van der Waals surface area (Å²) < 4.78 is 0. The van der Waals surface area contributed by atoms with Crippen LogP contribution in [0.4, 0.5) is 0 Å². The smallest absolute Gasteiger partial charge is 0.347 e. The van der Waals surface area contributed by atoms with Crippen LogP contribution in [0, 0.1) is 12.3 Å². The molecule has 1 amide bonds. The lowest BCUT2D eigenvalue weighted by molar-refractivity contribution is -0.124. The van der Waals surface area contributed by atoms with E-state index in [1.165, 1.54) is 0 Å². The summed E-state index contributed by atoms with van der Waals surface area (Å²) >= 11 is 1.06. The minimum absolute atomic E-state index is 0.196. The van der Waals surface area contributed by atoms with Crippen LogP contribution in [0.5, 0.6) is 0 Å². The van der Waals surface area contributed by atoms with Gasteiger partial charge in [0, 0.05) is 0 Å². The van der Waals surface area contributed by atoms with Gasteiger partial charge in [-0.15, -0.1) is 11.3 Å². The van der Waals surface area contributed by atoms with Gasteiger partial charge >= 0.3 is 5.97 Å². The van der Waals surface area contributed by atoms with E-state index in [2.05, 4.69) is 10.3 Å². The van der Waals surface area contributed by atoms with Crippen molar-refractivity contribution in [1.82, 2.24) is 10.3 Å². The number of nitrogens with one attached hydrogen (secondary N) is 1. The monoisotopic (exact) mass is 285 g/mol. The highest BCUT2D eigenvalue weighted by Gasteiger charge is 2.27. The minimum atomic E-state index is -1.00. The van der Waals surface area contributed by atoms with Gasteiger partial charge in [0.15, 0.2) is 0 Å². The molecule has 0 aliphatic carbocycles. The Morgan fingerprint density at radius 2 is 2.05 bits per heavy atom. The van der Waals surface area contributed by atoms with Crippen LogP contribution in [-0.4, -0.2) is 28.0 Å². The Balaban J connectivity index is 2.65. The standard InChI is InChI=1S/C12H19N3O3S/c1-6-8(11(17)18)19-7(15-6)5-14-10(16)9(13)12(2,3)4/h9H,5,13H2,1-4H3,(H,14,16)(H,17,18)/t9-/m0/s1. The molecule has 1 atom stereocenters. The van der Waals surface area contributed by atoms with Crippen LogP contribution in [0.25, 0.3) is 0 Å². The first-order valence-corrected chi connectivity index (χ1v) is 6.67. The van der Waals surface area contributed by atoms with Crippen molar-refractivity contribution in [2.24, 2.45) is 11.1 Å². The van der Waals surface area contributed by atoms with Crippen molar-refractivity contribution in [2.75, 3.05) is 0 Å². The number of carbonyl (C=O) groups is 2. The molecule has 0 aromatic carbocycles. The number of aryl methyl sites for hydroxylation is 1. The van der Waals surface area contributed by atoms with E-state index >= 15 is 0 Å². The van der Waals surface area contributed by atoms with Gasteiger partial charge in [-0.2, -0.15) is 0 Å². The minimum Gasteiger partial charge on any atom is -0.477 e. The first-order chi connectivity index (χ1) is 8.62. The average Bonchev–Trinajstić information content (AvgIpc) is 2.65. The third-order valence-electron chi connectivity index (χ3n) is 2.66. The third-order valence-corrected chi connectivity index (χ3v) is 3.81. The summed E-state index contributed by atoms with van der Waals surface area (Å²) in [5, 5.41) is 12.1. The number of hydrogen-bond donors (Lipinski definition) is 3. The lowest BCUT2D eigenvalue weighted by Gasteiger charge is -2.25. The van der Waals surface area contributed by atoms with Crippen molar-refractivity contribution in [2.45, 2.75) is 40.3 Å². The molecule has 4 N–H and O–H groups in total. The van der Waals surface area contributed by atoms with Gasteiger partial charge in [-0.3, -0.25) is 4.79 Å². The maximum atomic E-state index is 11.8. The molecule has 0 radical (unpaired) electrons. The summed E-state index contributed by atoms with van der Waals surface area (Å²) in [5.74, 6) is -1.27. The zero-order valence-electron chi connectivity index (χ0n) is 11.5. The SMILES string of the molecule is Cc1nc(CNC(=O)[C@H](N)C(C)(C)C)sc1C(=O)O. The van der Waals surface area contributed by atoms with Gasteiger partial charge in [0.25, 0.3) is 0 Å². The molecule has 1 heterocycles. The highest BCUT2D eigenvalue weighted by molar-refractivity contribution is 7.13. The molecule has 0 saturated carbocycles. The highest BCUT2D eigenvalue weighted by atomic mass is 32.1. The molecule has 106 valence electrons. The van der Waals surface area contributed by atoms with Crippen LogP contribution in [0.15, 0.2) is 0 Å². The maximum absolute atomic E-state index is 11.8. The van der Waals surface area contributed by atoms with Crippen molar-refractivity contribution < 1.29 is 14.7 Å². The number of nitrogens with two attached hydrogens (primary N) is 1. The van der Waals surface area contributed by atoms with Gasteiger partial charge in [0.1, 0.15) is 9.88 Å². The molecular formula is C12H19N3O3S. The molecule has 0 unspecified atom stereocenters. The first kappa shape index (κ1) is 15.6. The predicted octanol–water partition coefficient (Wildman–Crippen LogP) is 1.14. The molecule has 0 bridgehead atoms. The molecule has 0 spiro atoms. The molecule has 0 fully saturated rings. The quantitative estimate of drug-likeness (QED) is 0.769. The molecular weight excluding hydrogens is 266 g/mol. The summed E-state index contributed by atoms with van der Waals surface area (Å²) in [7, 11) is 0. The zero-order valence-corrected chi connectivity index (χ0v) is 12.3. The number of carbonyl (C=O) groups excluding carboxylic acids is 1. The van der Waals surface area contributed by atoms with Crippen molar-refractivity contribution in [3.8, 4) is 0 Å². The average molecular weight is 285 g/mol. The second-order valence-corrected chi connectivity index (χ2v) is 6.47. The van der Waals surface area contributed by atoms with E-state index in [1.807, 2.05) is 20.8 Å². The number of rotatable bonds is 4. The Bertz CT molecular complexity index is 491. The second-order valence-electron chi connectivity index (χ2n) is 5.39. The molecule has 1 aromatic rings. The molecule has 19 heavy (non-hydrogen) atoms. The zero-order chi connectivity index (χ0) is 14.8. The van der Waals surface area contributed by atoms with Crippen LogP contribution in [0.3, 0.4) is 0 Å². The third kappa shape index (κ3) is 4.00. The molecule has 0 aliphatic heterocycles. The number of carboxylic acid groups (broad SMARTS) is 1. The van der Waals surface area contributed by atoms with E-state index in [0.717, 1.165) is 11.3 Å². The van der Waals surface area contributed by atoms with Crippen LogP contribution < -0.4 is 11.1 Å². The lowest BCUT2D eigenvalue weighted by Crippen LogP contribution is -2.48. The summed E-state index contributed by atoms with van der Waals surface area (Å²) in [6.45, 7) is 7.47. The second kappa shape index (κ2) is 5.66. The Morgan fingerprint density at radius 3 is 2.47 bits per heavy atom. The number of aromatic nitrogens is 1. The summed E-state index contributed by atoms with van der Waals surface area (Å²) in [6, 6.07) is -0.618. The lowest BCUT2D eigenvalue weighted by atomic mass is 9.87. The summed E-state index contributed by atoms with van der Waals surface area (Å²) in [6.07, 6.45) is 0. The molecule has 7 heteroatoms. The number of aromatic carboxylic acids is 1. The summed E-state index contributed by atoms with van der Waals surface area (Å²) in [5.41, 5.74) is 5.95. The van der Waals surface area contributed by atoms with Crippen molar-refractivity contribution in [3.05, 3.63) is 15.6 Å².